The zero-order valence-corrected chi connectivity index (χ0v) is 16.8. The van der Waals surface area contributed by atoms with Gasteiger partial charge in [0, 0.05) is 11.3 Å². The highest BCUT2D eigenvalue weighted by atomic mass is 16.2. The van der Waals surface area contributed by atoms with Gasteiger partial charge in [-0.1, -0.05) is 60.7 Å². The minimum atomic E-state index is -0.191. The van der Waals surface area contributed by atoms with Gasteiger partial charge in [0.1, 0.15) is 0 Å². The van der Waals surface area contributed by atoms with Crippen LogP contribution in [-0.4, -0.2) is 27.0 Å². The number of hydrogen-bond acceptors (Lipinski definition) is 3. The van der Waals surface area contributed by atoms with E-state index in [4.69, 9.17) is 0 Å². The molecular formula is C24H21N5O2. The molecular weight excluding hydrogens is 390 g/mol. The van der Waals surface area contributed by atoms with Crippen molar-refractivity contribution in [2.75, 3.05) is 10.6 Å². The number of urea groups is 1. The van der Waals surface area contributed by atoms with Crippen LogP contribution in [0.2, 0.25) is 0 Å². The van der Waals surface area contributed by atoms with Crippen LogP contribution in [0.3, 0.4) is 0 Å². The second kappa shape index (κ2) is 7.95. The van der Waals surface area contributed by atoms with E-state index in [1.165, 1.54) is 0 Å². The zero-order valence-electron chi connectivity index (χ0n) is 16.8. The number of aromatic amines is 1. The Hall–Kier alpha value is -4.13. The van der Waals surface area contributed by atoms with E-state index < -0.39 is 0 Å². The van der Waals surface area contributed by atoms with Crippen LogP contribution in [0.5, 0.6) is 0 Å². The lowest BCUT2D eigenvalue weighted by Crippen LogP contribution is -2.30. The molecule has 1 aromatic heterocycles. The first-order valence-electron chi connectivity index (χ1n) is 10.1. The molecule has 0 fully saturated rings. The topological polar surface area (TPSA) is 90.1 Å². The van der Waals surface area contributed by atoms with Crippen LogP contribution in [0.25, 0.3) is 10.8 Å². The maximum Gasteiger partial charge on any atom is 0.322 e. The molecule has 0 spiro atoms. The molecule has 0 saturated heterocycles. The molecule has 3 aromatic carbocycles. The molecule has 1 aliphatic heterocycles. The molecule has 154 valence electrons. The summed E-state index contributed by atoms with van der Waals surface area (Å²) in [4.78, 5) is 27.0. The molecule has 0 saturated carbocycles. The van der Waals surface area contributed by atoms with Crippen molar-refractivity contribution in [2.24, 2.45) is 0 Å². The molecule has 7 heteroatoms. The summed E-state index contributed by atoms with van der Waals surface area (Å²) < 4.78 is 0. The van der Waals surface area contributed by atoms with Crippen LogP contribution in [0, 0.1) is 0 Å². The van der Waals surface area contributed by atoms with Gasteiger partial charge < -0.3 is 15.5 Å². The van der Waals surface area contributed by atoms with Gasteiger partial charge in [-0.3, -0.25) is 9.89 Å². The fraction of sp³-hybridized carbons (Fsp3) is 0.125. The largest absolute Gasteiger partial charge is 0.322 e. The van der Waals surface area contributed by atoms with E-state index in [0.717, 1.165) is 33.3 Å². The van der Waals surface area contributed by atoms with Gasteiger partial charge in [-0.2, -0.15) is 5.10 Å². The molecule has 0 bridgehead atoms. The van der Waals surface area contributed by atoms with Crippen molar-refractivity contribution in [1.29, 1.82) is 0 Å². The molecule has 5 rings (SSSR count). The number of carbonyl (C=O) groups is 2. The molecule has 3 amide bonds. The lowest BCUT2D eigenvalue weighted by molar-refractivity contribution is -0.115. The molecule has 2 heterocycles. The van der Waals surface area contributed by atoms with E-state index in [1.807, 2.05) is 72.8 Å². The first kappa shape index (κ1) is 18.9. The minimum Gasteiger partial charge on any atom is -0.314 e. The first-order valence-corrected chi connectivity index (χ1v) is 10.1. The van der Waals surface area contributed by atoms with E-state index in [-0.39, 0.29) is 18.4 Å². The molecule has 3 N–H and O–H groups in total. The van der Waals surface area contributed by atoms with Gasteiger partial charge in [0.05, 0.1) is 25.2 Å². The summed E-state index contributed by atoms with van der Waals surface area (Å²) in [7, 11) is 0. The predicted octanol–water partition coefficient (Wildman–Crippen LogP) is 4.29. The number of amides is 3. The Bertz CT molecular complexity index is 1260. The lowest BCUT2D eigenvalue weighted by atomic mass is 10.0. The number of aromatic nitrogens is 2. The van der Waals surface area contributed by atoms with Gasteiger partial charge in [0.25, 0.3) is 0 Å². The standard InChI is InChI=1S/C24H21N5O2/c30-22(13-17-9-6-8-16-7-4-5-12-19(16)17)26-23-20-14-29(15-21(20)27-28-23)24(31)25-18-10-2-1-3-11-18/h1-12H,13-15H2,(H,25,31)(H2,26,27,28,30). The summed E-state index contributed by atoms with van der Waals surface area (Å²) in [6.45, 7) is 0.800. The third kappa shape index (κ3) is 3.85. The van der Waals surface area contributed by atoms with Crippen molar-refractivity contribution in [3.8, 4) is 0 Å². The van der Waals surface area contributed by atoms with Crippen LogP contribution < -0.4 is 10.6 Å². The smallest absolute Gasteiger partial charge is 0.314 e. The quantitative estimate of drug-likeness (QED) is 0.468. The Kier molecular flexibility index (Phi) is 4.84. The third-order valence-electron chi connectivity index (χ3n) is 5.45. The third-order valence-corrected chi connectivity index (χ3v) is 5.45. The summed E-state index contributed by atoms with van der Waals surface area (Å²) >= 11 is 0. The monoisotopic (exact) mass is 411 g/mol. The summed E-state index contributed by atoms with van der Waals surface area (Å²) in [6.07, 6.45) is 0.251. The minimum absolute atomic E-state index is 0.141. The van der Waals surface area contributed by atoms with Gasteiger partial charge in [0.15, 0.2) is 5.82 Å². The second-order valence-electron chi connectivity index (χ2n) is 7.54. The van der Waals surface area contributed by atoms with Crippen molar-refractivity contribution in [3.05, 3.63) is 89.6 Å². The summed E-state index contributed by atoms with van der Waals surface area (Å²) in [5.41, 5.74) is 3.38. The summed E-state index contributed by atoms with van der Waals surface area (Å²) in [6, 6.07) is 23.1. The number of fused-ring (bicyclic) bond motifs is 2. The Labute approximate surface area is 179 Å². The second-order valence-corrected chi connectivity index (χ2v) is 7.54. The van der Waals surface area contributed by atoms with E-state index in [0.29, 0.717) is 18.9 Å². The number of anilines is 2. The average Bonchev–Trinajstić information content (AvgIpc) is 3.37. The van der Waals surface area contributed by atoms with Gasteiger partial charge in [-0.15, -0.1) is 0 Å². The summed E-state index contributed by atoms with van der Waals surface area (Å²) in [5.74, 6) is 0.341. The van der Waals surface area contributed by atoms with Gasteiger partial charge in [0.2, 0.25) is 5.91 Å². The van der Waals surface area contributed by atoms with E-state index >= 15 is 0 Å². The van der Waals surface area contributed by atoms with E-state index in [2.05, 4.69) is 20.8 Å². The van der Waals surface area contributed by atoms with Gasteiger partial charge >= 0.3 is 6.03 Å². The fourth-order valence-corrected chi connectivity index (χ4v) is 3.91. The number of nitrogens with zero attached hydrogens (tertiary/aromatic N) is 2. The summed E-state index contributed by atoms with van der Waals surface area (Å²) in [5, 5.41) is 15.2. The highest BCUT2D eigenvalue weighted by Crippen LogP contribution is 2.28. The van der Waals surface area contributed by atoms with Gasteiger partial charge in [-0.25, -0.2) is 4.79 Å². The number of benzene rings is 3. The van der Waals surface area contributed by atoms with Crippen LogP contribution in [0.15, 0.2) is 72.8 Å². The van der Waals surface area contributed by atoms with Crippen molar-refractivity contribution < 1.29 is 9.59 Å². The van der Waals surface area contributed by atoms with Crippen molar-refractivity contribution in [2.45, 2.75) is 19.5 Å². The fourth-order valence-electron chi connectivity index (χ4n) is 3.91. The number of carbonyl (C=O) groups excluding carboxylic acids is 2. The molecule has 0 unspecified atom stereocenters. The highest BCUT2D eigenvalue weighted by Gasteiger charge is 2.29. The molecule has 4 aromatic rings. The normalized spacial score (nSPS) is 12.6. The van der Waals surface area contributed by atoms with Crippen LogP contribution >= 0.6 is 0 Å². The van der Waals surface area contributed by atoms with E-state index in [1.54, 1.807) is 4.90 Å². The SMILES string of the molecule is O=C(Cc1cccc2ccccc12)Nc1n[nH]c2c1CN(C(=O)Nc1ccccc1)C2. The number of rotatable bonds is 4. The molecule has 0 atom stereocenters. The Morgan fingerprint density at radius 2 is 1.68 bits per heavy atom. The Balaban J connectivity index is 1.26. The van der Waals surface area contributed by atoms with Crippen LogP contribution in [-0.2, 0) is 24.3 Å². The highest BCUT2D eigenvalue weighted by molar-refractivity contribution is 5.96. The van der Waals surface area contributed by atoms with Crippen molar-refractivity contribution in [1.82, 2.24) is 15.1 Å². The predicted molar refractivity (Wildman–Crippen MR) is 120 cm³/mol. The Morgan fingerprint density at radius 1 is 0.903 bits per heavy atom. The average molecular weight is 411 g/mol. The molecule has 7 nitrogen and oxygen atoms in total. The molecule has 0 radical (unpaired) electrons. The molecule has 0 aliphatic carbocycles. The maximum absolute atomic E-state index is 12.7. The lowest BCUT2D eigenvalue weighted by Gasteiger charge is -2.16. The van der Waals surface area contributed by atoms with Gasteiger partial charge in [-0.05, 0) is 28.5 Å². The number of H-pyrrole nitrogens is 1. The zero-order chi connectivity index (χ0) is 21.2. The Morgan fingerprint density at radius 3 is 2.55 bits per heavy atom. The maximum atomic E-state index is 12.7. The molecule has 1 aliphatic rings. The molecule has 31 heavy (non-hydrogen) atoms. The van der Waals surface area contributed by atoms with E-state index in [9.17, 15) is 9.59 Å². The number of nitrogens with one attached hydrogen (secondary N) is 3. The number of para-hydroxylation sites is 1. The number of hydrogen-bond donors (Lipinski definition) is 3. The first-order chi connectivity index (χ1) is 15.2. The van der Waals surface area contributed by atoms with Crippen molar-refractivity contribution >= 4 is 34.2 Å². The van der Waals surface area contributed by atoms with Crippen molar-refractivity contribution in [3.63, 3.8) is 0 Å². The van der Waals surface area contributed by atoms with Crippen LogP contribution in [0.4, 0.5) is 16.3 Å². The van der Waals surface area contributed by atoms with Crippen LogP contribution in [0.1, 0.15) is 16.8 Å².